The average Bonchev–Trinajstić information content (AvgIpc) is 3.12. The van der Waals surface area contributed by atoms with E-state index in [4.69, 9.17) is 0 Å². The molecular formula is C22H25N2+. The molecule has 0 saturated heterocycles. The van der Waals surface area contributed by atoms with Crippen molar-refractivity contribution in [3.8, 4) is 17.1 Å². The van der Waals surface area contributed by atoms with Crippen LogP contribution < -0.4 is 4.57 Å². The minimum atomic E-state index is 0.501. The van der Waals surface area contributed by atoms with Gasteiger partial charge >= 0.3 is 0 Å². The molecule has 3 aromatic rings. The molecule has 2 nitrogen and oxygen atoms in total. The molecule has 1 aliphatic rings. The lowest BCUT2D eigenvalue weighted by atomic mass is 9.92. The summed E-state index contributed by atoms with van der Waals surface area (Å²) in [6.07, 6.45) is 4.44. The van der Waals surface area contributed by atoms with Gasteiger partial charge in [0, 0.05) is 23.9 Å². The zero-order valence-corrected chi connectivity index (χ0v) is 15.0. The minimum absolute atomic E-state index is 0.501. The summed E-state index contributed by atoms with van der Waals surface area (Å²) in [7, 11) is 0. The summed E-state index contributed by atoms with van der Waals surface area (Å²) in [6, 6.07) is 15.5. The monoisotopic (exact) mass is 317 g/mol. The van der Waals surface area contributed by atoms with Crippen molar-refractivity contribution < 1.29 is 4.57 Å². The molecule has 0 spiro atoms. The summed E-state index contributed by atoms with van der Waals surface area (Å²) < 4.78 is 4.77. The Morgan fingerprint density at radius 2 is 1.58 bits per heavy atom. The van der Waals surface area contributed by atoms with E-state index in [1.165, 1.54) is 33.8 Å². The fourth-order valence-corrected chi connectivity index (χ4v) is 3.88. The van der Waals surface area contributed by atoms with Crippen LogP contribution in [0, 0.1) is 0 Å². The van der Waals surface area contributed by atoms with Gasteiger partial charge in [-0.15, -0.1) is 0 Å². The average molecular weight is 317 g/mol. The Balaban J connectivity index is 2.01. The maximum atomic E-state index is 2.43. The molecule has 4 rings (SSSR count). The first-order chi connectivity index (χ1) is 11.6. The van der Waals surface area contributed by atoms with Gasteiger partial charge in [0.15, 0.2) is 12.7 Å². The number of hydrogen-bond acceptors (Lipinski definition) is 0. The molecule has 0 fully saturated rings. The molecule has 2 aromatic heterocycles. The summed E-state index contributed by atoms with van der Waals surface area (Å²) in [6.45, 7) is 10.1. The fourth-order valence-electron chi connectivity index (χ4n) is 3.88. The molecule has 0 saturated carbocycles. The predicted molar refractivity (Wildman–Crippen MR) is 98.7 cm³/mol. The first kappa shape index (κ1) is 15.2. The van der Waals surface area contributed by atoms with Gasteiger partial charge in [0.05, 0.1) is 5.69 Å². The molecule has 3 heterocycles. The first-order valence-corrected chi connectivity index (χ1v) is 8.90. The van der Waals surface area contributed by atoms with Gasteiger partial charge in [-0.05, 0) is 35.1 Å². The molecule has 122 valence electrons. The molecular weight excluding hydrogens is 292 g/mol. The molecule has 1 aliphatic heterocycles. The Bertz CT molecular complexity index is 874. The number of benzene rings is 1. The van der Waals surface area contributed by atoms with E-state index >= 15 is 0 Å². The molecule has 0 N–H and O–H groups in total. The summed E-state index contributed by atoms with van der Waals surface area (Å²) in [5.74, 6) is 1.00. The normalized spacial score (nSPS) is 12.8. The van der Waals surface area contributed by atoms with Crippen LogP contribution in [0.4, 0.5) is 0 Å². The zero-order chi connectivity index (χ0) is 16.8. The van der Waals surface area contributed by atoms with Crippen LogP contribution in [0.15, 0.2) is 54.9 Å². The van der Waals surface area contributed by atoms with E-state index in [1.807, 2.05) is 0 Å². The number of para-hydroxylation sites is 1. The Hall–Kier alpha value is -2.35. The number of rotatable bonds is 3. The van der Waals surface area contributed by atoms with Gasteiger partial charge in [-0.2, -0.15) is 4.57 Å². The van der Waals surface area contributed by atoms with Crippen molar-refractivity contribution in [2.75, 3.05) is 0 Å². The number of fused-ring (bicyclic) bond motifs is 3. The van der Waals surface area contributed by atoms with E-state index in [9.17, 15) is 0 Å². The van der Waals surface area contributed by atoms with Gasteiger partial charge in [-0.3, -0.25) is 0 Å². The van der Waals surface area contributed by atoms with Crippen LogP contribution in [0.5, 0.6) is 0 Å². The quantitative estimate of drug-likeness (QED) is 0.468. The van der Waals surface area contributed by atoms with Crippen LogP contribution in [0.3, 0.4) is 0 Å². The highest BCUT2D eigenvalue weighted by Gasteiger charge is 2.30. The topological polar surface area (TPSA) is 8.81 Å². The molecule has 1 aromatic carbocycles. The Morgan fingerprint density at radius 3 is 2.25 bits per heavy atom. The van der Waals surface area contributed by atoms with Gasteiger partial charge in [0.2, 0.25) is 5.69 Å². The van der Waals surface area contributed by atoms with Gasteiger partial charge in [0.25, 0.3) is 0 Å². The van der Waals surface area contributed by atoms with E-state index in [2.05, 4.69) is 91.7 Å². The maximum absolute atomic E-state index is 2.43. The van der Waals surface area contributed by atoms with Crippen LogP contribution in [0.2, 0.25) is 0 Å². The molecule has 0 aliphatic carbocycles. The number of pyridine rings is 1. The van der Waals surface area contributed by atoms with Crippen molar-refractivity contribution in [3.63, 3.8) is 0 Å². The third-order valence-electron chi connectivity index (χ3n) is 5.08. The highest BCUT2D eigenvalue weighted by Crippen LogP contribution is 2.36. The highest BCUT2D eigenvalue weighted by molar-refractivity contribution is 5.66. The lowest BCUT2D eigenvalue weighted by Crippen LogP contribution is -2.31. The molecule has 2 heteroatoms. The van der Waals surface area contributed by atoms with E-state index in [-0.39, 0.29) is 0 Å². The van der Waals surface area contributed by atoms with Gasteiger partial charge < -0.3 is 4.57 Å². The molecule has 0 bridgehead atoms. The van der Waals surface area contributed by atoms with Gasteiger partial charge in [-0.25, -0.2) is 0 Å². The van der Waals surface area contributed by atoms with Crippen molar-refractivity contribution >= 4 is 0 Å². The van der Waals surface area contributed by atoms with E-state index in [1.54, 1.807) is 0 Å². The Morgan fingerprint density at radius 1 is 0.875 bits per heavy atom. The summed E-state index contributed by atoms with van der Waals surface area (Å²) >= 11 is 0. The van der Waals surface area contributed by atoms with Crippen molar-refractivity contribution in [3.05, 3.63) is 71.5 Å². The lowest BCUT2D eigenvalue weighted by molar-refractivity contribution is -0.672. The van der Waals surface area contributed by atoms with Crippen LogP contribution in [-0.2, 0) is 6.54 Å². The first-order valence-electron chi connectivity index (χ1n) is 8.90. The number of hydrogen-bond donors (Lipinski definition) is 0. The Kier molecular flexibility index (Phi) is 3.56. The third kappa shape index (κ3) is 2.21. The summed E-state index contributed by atoms with van der Waals surface area (Å²) in [5.41, 5.74) is 8.30. The molecule has 0 radical (unpaired) electrons. The SMILES string of the molecule is CC(C)c1cccc(C(C)C)c1-n1ccc2c1-c1cccc[n+]1C2. The second-order valence-electron chi connectivity index (χ2n) is 7.37. The minimum Gasteiger partial charge on any atom is -0.310 e. The largest absolute Gasteiger partial charge is 0.310 e. The Labute approximate surface area is 144 Å². The van der Waals surface area contributed by atoms with Crippen LogP contribution in [-0.4, -0.2) is 4.57 Å². The fraction of sp³-hybridized carbons (Fsp3) is 0.318. The third-order valence-corrected chi connectivity index (χ3v) is 5.08. The highest BCUT2D eigenvalue weighted by atomic mass is 15.1. The lowest BCUT2D eigenvalue weighted by Gasteiger charge is -2.21. The number of aromatic nitrogens is 2. The summed E-state index contributed by atoms with van der Waals surface area (Å²) in [4.78, 5) is 0. The smallest absolute Gasteiger partial charge is 0.230 e. The van der Waals surface area contributed by atoms with Crippen molar-refractivity contribution in [2.45, 2.75) is 46.1 Å². The van der Waals surface area contributed by atoms with Crippen LogP contribution in [0.1, 0.15) is 56.2 Å². The standard InChI is InChI=1S/C22H25N2/c1-15(2)18-8-7-9-19(16(3)4)22(18)24-13-11-17-14-23-12-6-5-10-20(23)21(17)24/h5-13,15-16H,14H2,1-4H3/q+1. The zero-order valence-electron chi connectivity index (χ0n) is 15.0. The molecule has 0 amide bonds. The maximum Gasteiger partial charge on any atom is 0.230 e. The van der Waals surface area contributed by atoms with Crippen molar-refractivity contribution in [1.29, 1.82) is 0 Å². The van der Waals surface area contributed by atoms with E-state index in [0.29, 0.717) is 11.8 Å². The van der Waals surface area contributed by atoms with Crippen LogP contribution in [0.25, 0.3) is 17.1 Å². The predicted octanol–water partition coefficient (Wildman–Crippen LogP) is 5.04. The van der Waals surface area contributed by atoms with E-state index in [0.717, 1.165) is 6.54 Å². The van der Waals surface area contributed by atoms with Crippen molar-refractivity contribution in [2.24, 2.45) is 0 Å². The molecule has 0 atom stereocenters. The van der Waals surface area contributed by atoms with E-state index < -0.39 is 0 Å². The molecule has 24 heavy (non-hydrogen) atoms. The molecule has 0 unspecified atom stereocenters. The summed E-state index contributed by atoms with van der Waals surface area (Å²) in [5, 5.41) is 0. The van der Waals surface area contributed by atoms with Gasteiger partial charge in [0.1, 0.15) is 5.69 Å². The number of nitrogens with zero attached hydrogens (tertiary/aromatic N) is 2. The second-order valence-corrected chi connectivity index (χ2v) is 7.37. The van der Waals surface area contributed by atoms with Crippen LogP contribution >= 0.6 is 0 Å². The van der Waals surface area contributed by atoms with Gasteiger partial charge in [-0.1, -0.05) is 45.9 Å². The second kappa shape index (κ2) is 5.62. The van der Waals surface area contributed by atoms with Crippen molar-refractivity contribution in [1.82, 2.24) is 4.57 Å².